The van der Waals surface area contributed by atoms with Gasteiger partial charge in [-0.1, -0.05) is 25.2 Å². The first-order chi connectivity index (χ1) is 8.60. The monoisotopic (exact) mass is 285 g/mol. The number of thioether (sulfide) groups is 1. The van der Waals surface area contributed by atoms with E-state index in [0.717, 1.165) is 22.0 Å². The van der Waals surface area contributed by atoms with E-state index in [1.54, 1.807) is 18.9 Å². The van der Waals surface area contributed by atoms with Gasteiger partial charge in [0, 0.05) is 12.0 Å². The number of ether oxygens (including phenoxy) is 2. The molecule has 1 atom stereocenters. The van der Waals surface area contributed by atoms with E-state index < -0.39 is 0 Å². The molecule has 0 aliphatic carbocycles. The lowest BCUT2D eigenvalue weighted by atomic mass is 10.2. The molecule has 100 valence electrons. The van der Waals surface area contributed by atoms with Crippen LogP contribution in [0.15, 0.2) is 23.1 Å². The van der Waals surface area contributed by atoms with Crippen molar-refractivity contribution in [1.29, 1.82) is 0 Å². The topological polar surface area (TPSA) is 44.5 Å². The zero-order valence-electron chi connectivity index (χ0n) is 10.9. The molecule has 0 aliphatic rings. The maximum Gasteiger partial charge on any atom is 0.131 e. The molecule has 1 aromatic rings. The first kappa shape index (κ1) is 15.3. The molecule has 1 unspecified atom stereocenters. The molecule has 0 fully saturated rings. The quantitative estimate of drug-likeness (QED) is 0.616. The van der Waals surface area contributed by atoms with Crippen LogP contribution in [-0.4, -0.2) is 30.6 Å². The second kappa shape index (κ2) is 7.61. The summed E-state index contributed by atoms with van der Waals surface area (Å²) in [6, 6.07) is 5.85. The van der Waals surface area contributed by atoms with Gasteiger partial charge in [-0.05, 0) is 24.8 Å². The summed E-state index contributed by atoms with van der Waals surface area (Å²) in [4.78, 5) is 1.43. The maximum atomic E-state index is 5.83. The first-order valence-corrected chi connectivity index (χ1v) is 7.20. The van der Waals surface area contributed by atoms with Crippen molar-refractivity contribution < 1.29 is 9.47 Å². The molecule has 0 saturated heterocycles. The summed E-state index contributed by atoms with van der Waals surface area (Å²) in [5, 5.41) is 0. The SMILES string of the molecule is CCSc1cccc(OC(C)COC)c1C(N)=S. The predicted octanol–water partition coefficient (Wildman–Crippen LogP) is 2.85. The van der Waals surface area contributed by atoms with Crippen LogP contribution >= 0.6 is 24.0 Å². The van der Waals surface area contributed by atoms with Gasteiger partial charge in [-0.25, -0.2) is 0 Å². The summed E-state index contributed by atoms with van der Waals surface area (Å²) >= 11 is 6.83. The number of nitrogens with two attached hydrogens (primary N) is 1. The molecule has 18 heavy (non-hydrogen) atoms. The lowest BCUT2D eigenvalue weighted by Crippen LogP contribution is -2.21. The maximum absolute atomic E-state index is 5.83. The Kier molecular flexibility index (Phi) is 6.46. The number of rotatable bonds is 7. The van der Waals surface area contributed by atoms with Gasteiger partial charge in [0.05, 0.1) is 12.2 Å². The summed E-state index contributed by atoms with van der Waals surface area (Å²) < 4.78 is 10.9. The third kappa shape index (κ3) is 4.15. The number of benzene rings is 1. The smallest absolute Gasteiger partial charge is 0.131 e. The minimum atomic E-state index is -0.0371. The highest BCUT2D eigenvalue weighted by molar-refractivity contribution is 7.99. The Labute approximate surface area is 118 Å². The summed E-state index contributed by atoms with van der Waals surface area (Å²) in [5.41, 5.74) is 6.62. The van der Waals surface area contributed by atoms with Crippen LogP contribution in [0.5, 0.6) is 5.75 Å². The van der Waals surface area contributed by atoms with Crippen LogP contribution < -0.4 is 10.5 Å². The van der Waals surface area contributed by atoms with Gasteiger partial charge in [0.15, 0.2) is 0 Å². The molecule has 0 amide bonds. The van der Waals surface area contributed by atoms with E-state index in [-0.39, 0.29) is 6.10 Å². The standard InChI is InChI=1S/C13H19NO2S2/c1-4-18-11-7-5-6-10(12(11)13(14)17)16-9(2)8-15-3/h5-7,9H,4,8H2,1-3H3,(H2,14,17). The van der Waals surface area contributed by atoms with E-state index in [9.17, 15) is 0 Å². The van der Waals surface area contributed by atoms with Crippen molar-refractivity contribution in [1.82, 2.24) is 0 Å². The Morgan fingerprint density at radius 3 is 2.78 bits per heavy atom. The second-order valence-electron chi connectivity index (χ2n) is 3.81. The van der Waals surface area contributed by atoms with Crippen LogP contribution in [0.1, 0.15) is 19.4 Å². The van der Waals surface area contributed by atoms with Gasteiger partial charge in [-0.3, -0.25) is 0 Å². The van der Waals surface area contributed by atoms with Gasteiger partial charge in [-0.2, -0.15) is 0 Å². The van der Waals surface area contributed by atoms with Crippen LogP contribution in [0.3, 0.4) is 0 Å². The summed E-state index contributed by atoms with van der Waals surface area (Å²) in [5.74, 6) is 1.69. The second-order valence-corrected chi connectivity index (χ2v) is 5.56. The highest BCUT2D eigenvalue weighted by Crippen LogP contribution is 2.30. The predicted molar refractivity (Wildman–Crippen MR) is 80.7 cm³/mol. The zero-order chi connectivity index (χ0) is 13.5. The van der Waals surface area contributed by atoms with Crippen molar-refractivity contribution in [3.63, 3.8) is 0 Å². The van der Waals surface area contributed by atoms with Crippen molar-refractivity contribution in [2.24, 2.45) is 5.73 Å². The van der Waals surface area contributed by atoms with Gasteiger partial charge < -0.3 is 15.2 Å². The van der Waals surface area contributed by atoms with Gasteiger partial charge in [-0.15, -0.1) is 11.8 Å². The molecule has 1 rings (SSSR count). The molecule has 0 radical (unpaired) electrons. The minimum Gasteiger partial charge on any atom is -0.488 e. The summed E-state index contributed by atoms with van der Waals surface area (Å²) in [7, 11) is 1.65. The molecule has 0 aliphatic heterocycles. The third-order valence-corrected chi connectivity index (χ3v) is 3.41. The molecular formula is C13H19NO2S2. The fourth-order valence-electron chi connectivity index (χ4n) is 1.61. The van der Waals surface area contributed by atoms with E-state index >= 15 is 0 Å². The molecular weight excluding hydrogens is 266 g/mol. The van der Waals surface area contributed by atoms with Crippen LogP contribution in [-0.2, 0) is 4.74 Å². The lowest BCUT2D eigenvalue weighted by Gasteiger charge is -2.18. The van der Waals surface area contributed by atoms with Gasteiger partial charge in [0.1, 0.15) is 16.8 Å². The average molecular weight is 285 g/mol. The van der Waals surface area contributed by atoms with Crippen LogP contribution in [0, 0.1) is 0 Å². The van der Waals surface area contributed by atoms with Crippen LogP contribution in [0.25, 0.3) is 0 Å². The fourth-order valence-corrected chi connectivity index (χ4v) is 2.73. The van der Waals surface area contributed by atoms with Crippen molar-refractivity contribution in [2.75, 3.05) is 19.5 Å². The lowest BCUT2D eigenvalue weighted by molar-refractivity contribution is 0.0918. The van der Waals surface area contributed by atoms with E-state index in [4.69, 9.17) is 27.4 Å². The van der Waals surface area contributed by atoms with E-state index in [1.807, 2.05) is 25.1 Å². The van der Waals surface area contributed by atoms with Crippen LogP contribution in [0.2, 0.25) is 0 Å². The van der Waals surface area contributed by atoms with E-state index in [2.05, 4.69) is 6.92 Å². The Morgan fingerprint density at radius 2 is 2.22 bits per heavy atom. The Bertz CT molecular complexity index is 410. The molecule has 0 saturated carbocycles. The normalized spacial score (nSPS) is 12.2. The highest BCUT2D eigenvalue weighted by atomic mass is 32.2. The largest absolute Gasteiger partial charge is 0.488 e. The molecule has 5 heteroatoms. The average Bonchev–Trinajstić information content (AvgIpc) is 2.29. The van der Waals surface area contributed by atoms with Crippen molar-refractivity contribution in [2.45, 2.75) is 24.8 Å². The molecule has 0 bridgehead atoms. The van der Waals surface area contributed by atoms with Crippen molar-refractivity contribution in [3.8, 4) is 5.75 Å². The van der Waals surface area contributed by atoms with Gasteiger partial charge >= 0.3 is 0 Å². The van der Waals surface area contributed by atoms with Crippen LogP contribution in [0.4, 0.5) is 0 Å². The fraction of sp³-hybridized carbons (Fsp3) is 0.462. The highest BCUT2D eigenvalue weighted by Gasteiger charge is 2.14. The molecule has 0 aromatic heterocycles. The van der Waals surface area contributed by atoms with Crippen molar-refractivity contribution >= 4 is 29.0 Å². The summed E-state index contributed by atoms with van der Waals surface area (Å²) in [6.07, 6.45) is -0.0371. The van der Waals surface area contributed by atoms with Gasteiger partial charge in [0.25, 0.3) is 0 Å². The number of hydrogen-bond donors (Lipinski definition) is 1. The first-order valence-electron chi connectivity index (χ1n) is 5.81. The number of hydrogen-bond acceptors (Lipinski definition) is 4. The molecule has 0 spiro atoms. The van der Waals surface area contributed by atoms with E-state index in [0.29, 0.717) is 11.6 Å². The Balaban J connectivity index is 3.02. The molecule has 0 heterocycles. The Morgan fingerprint density at radius 1 is 1.50 bits per heavy atom. The van der Waals surface area contributed by atoms with E-state index in [1.165, 1.54) is 0 Å². The number of thiocarbonyl (C=S) groups is 1. The Hall–Kier alpha value is -0.780. The zero-order valence-corrected chi connectivity index (χ0v) is 12.6. The minimum absolute atomic E-state index is 0.0371. The molecule has 2 N–H and O–H groups in total. The van der Waals surface area contributed by atoms with Crippen molar-refractivity contribution in [3.05, 3.63) is 23.8 Å². The third-order valence-electron chi connectivity index (χ3n) is 2.26. The number of methoxy groups -OCH3 is 1. The molecule has 1 aromatic carbocycles. The summed E-state index contributed by atoms with van der Waals surface area (Å²) in [6.45, 7) is 4.57. The molecule has 3 nitrogen and oxygen atoms in total. The van der Waals surface area contributed by atoms with Gasteiger partial charge in [0.2, 0.25) is 0 Å².